The number of rotatable bonds is 9. The first-order valence-corrected chi connectivity index (χ1v) is 10.7. The lowest BCUT2D eigenvalue weighted by Gasteiger charge is -2.14. The van der Waals surface area contributed by atoms with E-state index in [-0.39, 0.29) is 34.6 Å². The highest BCUT2D eigenvalue weighted by molar-refractivity contribution is 7.99. The maximum absolute atomic E-state index is 13.0. The van der Waals surface area contributed by atoms with Crippen LogP contribution in [0.2, 0.25) is 0 Å². The van der Waals surface area contributed by atoms with Gasteiger partial charge in [0, 0.05) is 0 Å². The van der Waals surface area contributed by atoms with Crippen molar-refractivity contribution in [2.45, 2.75) is 44.6 Å². The van der Waals surface area contributed by atoms with Crippen LogP contribution in [0.3, 0.4) is 0 Å². The number of ether oxygens (including phenoxy) is 1. The molecule has 0 bridgehead atoms. The molecule has 8 heteroatoms. The van der Waals surface area contributed by atoms with Gasteiger partial charge in [-0.25, -0.2) is 4.39 Å². The third-order valence-corrected chi connectivity index (χ3v) is 5.31. The molecular formula is C22H24FN3O3S. The van der Waals surface area contributed by atoms with Gasteiger partial charge >= 0.3 is 0 Å². The van der Waals surface area contributed by atoms with Gasteiger partial charge in [0.15, 0.2) is 6.10 Å². The smallest absolute Gasteiger partial charge is 0.277 e. The molecule has 1 heterocycles. The van der Waals surface area contributed by atoms with Crippen LogP contribution in [0, 0.1) is 5.82 Å². The maximum atomic E-state index is 13.0. The summed E-state index contributed by atoms with van der Waals surface area (Å²) in [5, 5.41) is 11.2. The Hall–Kier alpha value is -2.87. The summed E-state index contributed by atoms with van der Waals surface area (Å²) in [6, 6.07) is 13.8. The van der Waals surface area contributed by atoms with E-state index in [2.05, 4.69) is 34.6 Å². The van der Waals surface area contributed by atoms with E-state index in [0.717, 1.165) is 23.7 Å². The minimum absolute atomic E-state index is 0.0913. The van der Waals surface area contributed by atoms with Crippen molar-refractivity contribution in [3.8, 4) is 5.75 Å². The first-order valence-electron chi connectivity index (χ1n) is 9.71. The second-order valence-corrected chi connectivity index (χ2v) is 7.72. The van der Waals surface area contributed by atoms with Crippen LogP contribution in [0.25, 0.3) is 0 Å². The summed E-state index contributed by atoms with van der Waals surface area (Å²) in [6.45, 7) is 5.81. The zero-order chi connectivity index (χ0) is 21.5. The molecule has 0 aliphatic carbocycles. The van der Waals surface area contributed by atoms with Crippen LogP contribution in [0.5, 0.6) is 5.75 Å². The Bertz CT molecular complexity index is 961. The second kappa shape index (κ2) is 10.2. The molecule has 2 unspecified atom stereocenters. The van der Waals surface area contributed by atoms with Gasteiger partial charge in [-0.15, -0.1) is 10.2 Å². The molecule has 1 amide bonds. The van der Waals surface area contributed by atoms with Crippen molar-refractivity contribution >= 4 is 17.7 Å². The zero-order valence-corrected chi connectivity index (χ0v) is 17.9. The molecule has 1 aromatic heterocycles. The molecule has 158 valence electrons. The molecule has 0 spiro atoms. The average molecular weight is 430 g/mol. The summed E-state index contributed by atoms with van der Waals surface area (Å²) in [6.07, 6.45) is 0.481. The number of aryl methyl sites for hydroxylation is 1. The van der Waals surface area contributed by atoms with Crippen molar-refractivity contribution in [2.75, 3.05) is 5.75 Å². The van der Waals surface area contributed by atoms with Crippen molar-refractivity contribution < 1.29 is 18.3 Å². The SMILES string of the molecule is CCc1ccc(C(C)NC(=O)CSc2nnc(C(C)Oc3ccc(F)cc3)o2)cc1. The van der Waals surface area contributed by atoms with Crippen LogP contribution >= 0.6 is 11.8 Å². The topological polar surface area (TPSA) is 77.2 Å². The molecule has 0 radical (unpaired) electrons. The predicted molar refractivity (Wildman–Crippen MR) is 113 cm³/mol. The van der Waals surface area contributed by atoms with E-state index in [9.17, 15) is 9.18 Å². The zero-order valence-electron chi connectivity index (χ0n) is 17.1. The van der Waals surface area contributed by atoms with Crippen LogP contribution < -0.4 is 10.1 Å². The number of aromatic nitrogens is 2. The summed E-state index contributed by atoms with van der Waals surface area (Å²) >= 11 is 1.16. The molecule has 0 saturated carbocycles. The van der Waals surface area contributed by atoms with E-state index < -0.39 is 6.10 Å². The monoisotopic (exact) mass is 429 g/mol. The summed E-state index contributed by atoms with van der Waals surface area (Å²) in [5.74, 6) is 0.481. The van der Waals surface area contributed by atoms with E-state index in [1.807, 2.05) is 19.1 Å². The number of nitrogens with zero attached hydrogens (tertiary/aromatic N) is 2. The number of carbonyl (C=O) groups is 1. The molecule has 2 aromatic carbocycles. The van der Waals surface area contributed by atoms with Crippen LogP contribution in [-0.4, -0.2) is 21.9 Å². The van der Waals surface area contributed by atoms with Crippen molar-refractivity contribution in [3.05, 3.63) is 71.4 Å². The third-order valence-electron chi connectivity index (χ3n) is 4.49. The fourth-order valence-corrected chi connectivity index (χ4v) is 3.33. The lowest BCUT2D eigenvalue weighted by molar-refractivity contribution is -0.119. The minimum Gasteiger partial charge on any atom is -0.481 e. The minimum atomic E-state index is -0.503. The van der Waals surface area contributed by atoms with E-state index in [1.165, 1.54) is 29.8 Å². The van der Waals surface area contributed by atoms with Crippen molar-refractivity contribution in [3.63, 3.8) is 0 Å². The second-order valence-electron chi connectivity index (χ2n) is 6.79. The number of nitrogens with one attached hydrogen (secondary N) is 1. The third kappa shape index (κ3) is 6.06. The van der Waals surface area contributed by atoms with Crippen molar-refractivity contribution in [1.82, 2.24) is 15.5 Å². The summed E-state index contributed by atoms with van der Waals surface area (Å²) in [4.78, 5) is 12.3. The maximum Gasteiger partial charge on any atom is 0.277 e. The van der Waals surface area contributed by atoms with Gasteiger partial charge in [-0.05, 0) is 55.7 Å². The van der Waals surface area contributed by atoms with Crippen molar-refractivity contribution in [2.24, 2.45) is 0 Å². The van der Waals surface area contributed by atoms with Gasteiger partial charge < -0.3 is 14.5 Å². The Morgan fingerprint density at radius 1 is 1.13 bits per heavy atom. The molecule has 1 N–H and O–H groups in total. The standard InChI is InChI=1S/C22H24FN3O3S/c1-4-16-5-7-17(8-6-16)14(2)24-20(27)13-30-22-26-25-21(29-22)15(3)28-19-11-9-18(23)10-12-19/h5-12,14-15H,4,13H2,1-3H3,(H,24,27). The Morgan fingerprint density at radius 3 is 2.50 bits per heavy atom. The van der Waals surface area contributed by atoms with Gasteiger partial charge in [-0.1, -0.05) is 43.0 Å². The highest BCUT2D eigenvalue weighted by Crippen LogP contribution is 2.24. The molecule has 3 aromatic rings. The summed E-state index contributed by atoms with van der Waals surface area (Å²) < 4.78 is 24.2. The Labute approximate surface area is 179 Å². The van der Waals surface area contributed by atoms with Crippen LogP contribution in [0.4, 0.5) is 4.39 Å². The normalized spacial score (nSPS) is 12.9. The summed E-state index contributed by atoms with van der Waals surface area (Å²) in [7, 11) is 0. The van der Waals surface area contributed by atoms with Gasteiger partial charge in [-0.3, -0.25) is 4.79 Å². The number of carbonyl (C=O) groups excluding carboxylic acids is 1. The highest BCUT2D eigenvalue weighted by atomic mass is 32.2. The lowest BCUT2D eigenvalue weighted by Crippen LogP contribution is -2.28. The quantitative estimate of drug-likeness (QED) is 0.489. The highest BCUT2D eigenvalue weighted by Gasteiger charge is 2.17. The van der Waals surface area contributed by atoms with Gasteiger partial charge in [0.2, 0.25) is 5.91 Å². The summed E-state index contributed by atoms with van der Waals surface area (Å²) in [5.41, 5.74) is 2.31. The lowest BCUT2D eigenvalue weighted by atomic mass is 10.1. The number of hydrogen-bond donors (Lipinski definition) is 1. The number of amides is 1. The Balaban J connectivity index is 1.48. The predicted octanol–water partition coefficient (Wildman–Crippen LogP) is 4.88. The fraction of sp³-hybridized carbons (Fsp3) is 0.318. The molecule has 0 saturated heterocycles. The largest absolute Gasteiger partial charge is 0.481 e. The number of hydrogen-bond acceptors (Lipinski definition) is 6. The fourth-order valence-electron chi connectivity index (χ4n) is 2.75. The Morgan fingerprint density at radius 2 is 1.83 bits per heavy atom. The van der Waals surface area contributed by atoms with E-state index in [4.69, 9.17) is 9.15 Å². The average Bonchev–Trinajstić information content (AvgIpc) is 3.23. The van der Waals surface area contributed by atoms with Crippen LogP contribution in [0.15, 0.2) is 58.2 Å². The first-order chi connectivity index (χ1) is 14.4. The first kappa shape index (κ1) is 21.8. The molecule has 0 aliphatic heterocycles. The van der Waals surface area contributed by atoms with Gasteiger partial charge in [-0.2, -0.15) is 0 Å². The molecule has 3 rings (SSSR count). The van der Waals surface area contributed by atoms with Crippen molar-refractivity contribution in [1.29, 1.82) is 0 Å². The molecule has 0 aliphatic rings. The number of halogens is 1. The molecule has 0 fully saturated rings. The van der Waals surface area contributed by atoms with Crippen LogP contribution in [-0.2, 0) is 11.2 Å². The van der Waals surface area contributed by atoms with Gasteiger partial charge in [0.25, 0.3) is 11.1 Å². The van der Waals surface area contributed by atoms with Gasteiger partial charge in [0.05, 0.1) is 11.8 Å². The molecule has 2 atom stereocenters. The number of thioether (sulfide) groups is 1. The van der Waals surface area contributed by atoms with Crippen LogP contribution in [0.1, 0.15) is 49.9 Å². The van der Waals surface area contributed by atoms with E-state index >= 15 is 0 Å². The Kier molecular flexibility index (Phi) is 7.46. The van der Waals surface area contributed by atoms with E-state index in [1.54, 1.807) is 6.92 Å². The molecule has 6 nitrogen and oxygen atoms in total. The molecular weight excluding hydrogens is 405 g/mol. The van der Waals surface area contributed by atoms with E-state index in [0.29, 0.717) is 5.75 Å². The molecule has 30 heavy (non-hydrogen) atoms. The van der Waals surface area contributed by atoms with Gasteiger partial charge in [0.1, 0.15) is 11.6 Å². The number of benzene rings is 2.